The number of fused-ring (bicyclic) bond motifs is 1. The van der Waals surface area contributed by atoms with E-state index in [1.54, 1.807) is 6.20 Å². The van der Waals surface area contributed by atoms with E-state index >= 15 is 0 Å². The smallest absolute Gasteiger partial charge is 0.255 e. The first-order chi connectivity index (χ1) is 12.8. The fourth-order valence-corrected chi connectivity index (χ4v) is 3.83. The van der Waals surface area contributed by atoms with Crippen LogP contribution in [-0.2, 0) is 6.42 Å². The zero-order valence-corrected chi connectivity index (χ0v) is 14.8. The van der Waals surface area contributed by atoms with Crippen molar-refractivity contribution in [1.82, 2.24) is 9.88 Å². The van der Waals surface area contributed by atoms with E-state index in [4.69, 9.17) is 5.26 Å². The van der Waals surface area contributed by atoms with Crippen LogP contribution in [0.3, 0.4) is 0 Å². The lowest BCUT2D eigenvalue weighted by Crippen LogP contribution is -2.36. The maximum absolute atomic E-state index is 12.7. The van der Waals surface area contributed by atoms with Crippen LogP contribution in [0.4, 0.5) is 11.5 Å². The Kier molecular flexibility index (Phi) is 4.57. The van der Waals surface area contributed by atoms with Crippen LogP contribution in [0.5, 0.6) is 0 Å². The maximum atomic E-state index is 12.7. The number of nitrogens with zero attached hydrogens (tertiary/aromatic N) is 4. The molecule has 1 fully saturated rings. The first kappa shape index (κ1) is 16.6. The second-order valence-electron chi connectivity index (χ2n) is 6.97. The summed E-state index contributed by atoms with van der Waals surface area (Å²) in [7, 11) is 0. The molecule has 2 aliphatic rings. The molecule has 1 aromatic carbocycles. The van der Waals surface area contributed by atoms with Crippen LogP contribution in [0.15, 0.2) is 36.5 Å². The first-order valence-electron chi connectivity index (χ1n) is 9.32. The summed E-state index contributed by atoms with van der Waals surface area (Å²) in [5.41, 5.74) is 3.52. The predicted octanol–water partition coefficient (Wildman–Crippen LogP) is 3.66. The maximum Gasteiger partial charge on any atom is 0.255 e. The van der Waals surface area contributed by atoms with Gasteiger partial charge in [0.15, 0.2) is 0 Å². The normalized spacial score (nSPS) is 16.7. The first-order valence-corrected chi connectivity index (χ1v) is 9.32. The van der Waals surface area contributed by atoms with Gasteiger partial charge in [0, 0.05) is 31.5 Å². The van der Waals surface area contributed by atoms with Gasteiger partial charge in [-0.3, -0.25) is 4.79 Å². The highest BCUT2D eigenvalue weighted by Crippen LogP contribution is 2.32. The summed E-state index contributed by atoms with van der Waals surface area (Å²) in [6.45, 7) is 2.60. The molecule has 4 rings (SSSR count). The van der Waals surface area contributed by atoms with E-state index in [1.807, 2.05) is 35.2 Å². The number of pyridine rings is 1. The number of nitriles is 1. The quantitative estimate of drug-likeness (QED) is 0.832. The molecule has 1 amide bonds. The van der Waals surface area contributed by atoms with Crippen molar-refractivity contribution in [2.24, 2.45) is 0 Å². The van der Waals surface area contributed by atoms with Crippen molar-refractivity contribution in [3.63, 3.8) is 0 Å². The summed E-state index contributed by atoms with van der Waals surface area (Å²) in [5.74, 6) is 1.03. The van der Waals surface area contributed by atoms with Gasteiger partial charge < -0.3 is 9.80 Å². The molecule has 0 bridgehead atoms. The summed E-state index contributed by atoms with van der Waals surface area (Å²) < 4.78 is 0. The van der Waals surface area contributed by atoms with Gasteiger partial charge in [-0.2, -0.15) is 5.26 Å². The highest BCUT2D eigenvalue weighted by atomic mass is 16.2. The monoisotopic (exact) mass is 346 g/mol. The number of amides is 1. The highest BCUT2D eigenvalue weighted by molar-refractivity contribution is 5.94. The summed E-state index contributed by atoms with van der Waals surface area (Å²) in [6, 6.07) is 11.8. The topological polar surface area (TPSA) is 60.2 Å². The molecule has 1 aromatic heterocycles. The number of anilines is 2. The Morgan fingerprint density at radius 2 is 1.81 bits per heavy atom. The van der Waals surface area contributed by atoms with Crippen molar-refractivity contribution in [1.29, 1.82) is 5.26 Å². The minimum atomic E-state index is 0.107. The Bertz CT molecular complexity index is 847. The fraction of sp³-hybridized carbons (Fsp3) is 0.381. The lowest BCUT2D eigenvalue weighted by Gasteiger charge is -2.31. The second kappa shape index (κ2) is 7.17. The Morgan fingerprint density at radius 3 is 2.54 bits per heavy atom. The molecule has 2 aromatic rings. The molecule has 3 heterocycles. The molecule has 0 atom stereocenters. The van der Waals surface area contributed by atoms with Crippen molar-refractivity contribution in [2.45, 2.75) is 32.1 Å². The average molecular weight is 346 g/mol. The number of likely N-dealkylation sites (tertiary alicyclic amines) is 1. The molecule has 0 radical (unpaired) electrons. The molecule has 0 N–H and O–H groups in total. The van der Waals surface area contributed by atoms with Gasteiger partial charge in [-0.25, -0.2) is 4.98 Å². The van der Waals surface area contributed by atoms with Crippen LogP contribution in [0, 0.1) is 11.3 Å². The number of hydrogen-bond donors (Lipinski definition) is 0. The van der Waals surface area contributed by atoms with E-state index in [-0.39, 0.29) is 5.91 Å². The van der Waals surface area contributed by atoms with Gasteiger partial charge in [0.2, 0.25) is 0 Å². The zero-order valence-electron chi connectivity index (χ0n) is 14.8. The molecule has 26 heavy (non-hydrogen) atoms. The van der Waals surface area contributed by atoms with Crippen molar-refractivity contribution in [3.8, 4) is 6.07 Å². The van der Waals surface area contributed by atoms with Crippen LogP contribution >= 0.6 is 0 Å². The van der Waals surface area contributed by atoms with Crippen molar-refractivity contribution >= 4 is 17.4 Å². The molecular formula is C21H22N4O. The molecule has 5 nitrogen and oxygen atoms in total. The molecular weight excluding hydrogens is 324 g/mol. The van der Waals surface area contributed by atoms with Crippen LogP contribution < -0.4 is 4.90 Å². The van der Waals surface area contributed by atoms with Crippen LogP contribution in [-0.4, -0.2) is 35.4 Å². The van der Waals surface area contributed by atoms with E-state index < -0.39 is 0 Å². The minimum Gasteiger partial charge on any atom is -0.339 e. The summed E-state index contributed by atoms with van der Waals surface area (Å²) >= 11 is 0. The highest BCUT2D eigenvalue weighted by Gasteiger charge is 2.23. The zero-order chi connectivity index (χ0) is 17.9. The van der Waals surface area contributed by atoms with Gasteiger partial charge in [0.05, 0.1) is 17.2 Å². The van der Waals surface area contributed by atoms with Gasteiger partial charge in [-0.15, -0.1) is 0 Å². The number of piperidine rings is 1. The Hall–Kier alpha value is -2.87. The van der Waals surface area contributed by atoms with Crippen molar-refractivity contribution in [3.05, 3.63) is 53.2 Å². The Morgan fingerprint density at radius 1 is 1.04 bits per heavy atom. The molecule has 1 saturated heterocycles. The number of carbonyl (C=O) groups is 1. The third kappa shape index (κ3) is 3.15. The number of benzene rings is 1. The number of rotatable bonds is 2. The summed E-state index contributed by atoms with van der Waals surface area (Å²) in [4.78, 5) is 21.5. The summed E-state index contributed by atoms with van der Waals surface area (Å²) in [6.07, 6.45) is 7.09. The van der Waals surface area contributed by atoms with Crippen LogP contribution in [0.25, 0.3) is 0 Å². The molecule has 132 valence electrons. The van der Waals surface area contributed by atoms with Crippen molar-refractivity contribution < 1.29 is 4.79 Å². The number of carbonyl (C=O) groups excluding carboxylic acids is 1. The van der Waals surface area contributed by atoms with Crippen LogP contribution in [0.1, 0.15) is 47.2 Å². The molecule has 2 aliphatic heterocycles. The van der Waals surface area contributed by atoms with E-state index in [1.165, 1.54) is 6.42 Å². The third-order valence-electron chi connectivity index (χ3n) is 5.22. The van der Waals surface area contributed by atoms with Gasteiger partial charge in [0.25, 0.3) is 5.91 Å². The lowest BCUT2D eigenvalue weighted by molar-refractivity contribution is 0.0724. The second-order valence-corrected chi connectivity index (χ2v) is 6.97. The lowest BCUT2D eigenvalue weighted by atomic mass is 10.0. The average Bonchev–Trinajstić information content (AvgIpc) is 2.73. The molecule has 0 spiro atoms. The number of aromatic nitrogens is 1. The molecule has 0 unspecified atom stereocenters. The van der Waals surface area contributed by atoms with E-state index in [9.17, 15) is 4.79 Å². The van der Waals surface area contributed by atoms with E-state index in [2.05, 4.69) is 16.0 Å². The van der Waals surface area contributed by atoms with Crippen molar-refractivity contribution in [2.75, 3.05) is 24.5 Å². The predicted molar refractivity (Wildman–Crippen MR) is 100 cm³/mol. The molecule has 5 heteroatoms. The largest absolute Gasteiger partial charge is 0.339 e. The van der Waals surface area contributed by atoms with Crippen LogP contribution in [0.2, 0.25) is 0 Å². The Balaban J connectivity index is 1.61. The SMILES string of the molecule is N#Cc1ccc(N2CCCc3cc(C(=O)N4CCCCC4)cnc32)cc1. The summed E-state index contributed by atoms with van der Waals surface area (Å²) in [5, 5.41) is 8.97. The Labute approximate surface area is 153 Å². The van der Waals surface area contributed by atoms with Gasteiger partial charge in [0.1, 0.15) is 5.82 Å². The molecule has 0 saturated carbocycles. The standard InChI is InChI=1S/C21H22N4O/c22-14-16-6-8-19(9-7-16)25-12-4-5-17-13-18(15-23-20(17)25)21(26)24-10-2-1-3-11-24/h6-9,13,15H,1-5,10-12H2. The fourth-order valence-electron chi connectivity index (χ4n) is 3.83. The number of hydrogen-bond acceptors (Lipinski definition) is 4. The molecule has 0 aliphatic carbocycles. The minimum absolute atomic E-state index is 0.107. The van der Waals surface area contributed by atoms with E-state index in [0.29, 0.717) is 11.1 Å². The third-order valence-corrected chi connectivity index (χ3v) is 5.22. The van der Waals surface area contributed by atoms with Gasteiger partial charge in [-0.05, 0) is 68.0 Å². The van der Waals surface area contributed by atoms with Gasteiger partial charge >= 0.3 is 0 Å². The number of aryl methyl sites for hydroxylation is 1. The van der Waals surface area contributed by atoms with Gasteiger partial charge in [-0.1, -0.05) is 0 Å². The van der Waals surface area contributed by atoms with E-state index in [0.717, 1.165) is 62.4 Å².